The van der Waals surface area contributed by atoms with Crippen molar-refractivity contribution in [2.75, 3.05) is 21.3 Å². The monoisotopic (exact) mass is 407 g/mol. The molecule has 0 aliphatic rings. The Morgan fingerprint density at radius 2 is 1.68 bits per heavy atom. The van der Waals surface area contributed by atoms with Crippen molar-refractivity contribution in [3.05, 3.63) is 52.0 Å². The van der Waals surface area contributed by atoms with Gasteiger partial charge in [-0.2, -0.15) is 0 Å². The molecular weight excluding hydrogens is 386 g/mol. The molecule has 0 unspecified atom stereocenters. The average Bonchev–Trinajstić information content (AvgIpc) is 2.63. The second-order valence-electron chi connectivity index (χ2n) is 5.44. The van der Waals surface area contributed by atoms with Crippen molar-refractivity contribution in [3.63, 3.8) is 0 Å². The van der Waals surface area contributed by atoms with Gasteiger partial charge in [0, 0.05) is 17.4 Å². The fourth-order valence-corrected chi connectivity index (χ4v) is 2.92. The van der Waals surface area contributed by atoms with E-state index < -0.39 is 0 Å². The third-order valence-electron chi connectivity index (χ3n) is 3.74. The molecule has 25 heavy (non-hydrogen) atoms. The van der Waals surface area contributed by atoms with Crippen molar-refractivity contribution in [1.29, 1.82) is 0 Å². The van der Waals surface area contributed by atoms with E-state index in [-0.39, 0.29) is 5.91 Å². The number of hydrogen-bond acceptors (Lipinski definition) is 4. The van der Waals surface area contributed by atoms with Gasteiger partial charge in [0.15, 0.2) is 11.5 Å². The van der Waals surface area contributed by atoms with E-state index in [1.807, 2.05) is 36.4 Å². The minimum Gasteiger partial charge on any atom is -0.493 e. The van der Waals surface area contributed by atoms with E-state index in [2.05, 4.69) is 21.2 Å². The Bertz CT molecular complexity index is 708. The summed E-state index contributed by atoms with van der Waals surface area (Å²) in [6.07, 6.45) is 0.966. The first kappa shape index (κ1) is 19.1. The summed E-state index contributed by atoms with van der Waals surface area (Å²) >= 11 is 3.42. The lowest BCUT2D eigenvalue weighted by atomic mass is 10.1. The number of aryl methyl sites for hydroxylation is 1. The predicted octanol–water partition coefficient (Wildman–Crippen LogP) is 3.72. The molecule has 1 amide bonds. The molecule has 6 heteroatoms. The van der Waals surface area contributed by atoms with E-state index in [4.69, 9.17) is 14.2 Å². The van der Waals surface area contributed by atoms with E-state index in [9.17, 15) is 4.79 Å². The van der Waals surface area contributed by atoms with Crippen LogP contribution in [0, 0.1) is 0 Å². The van der Waals surface area contributed by atoms with Crippen LogP contribution in [-0.2, 0) is 17.8 Å². The van der Waals surface area contributed by atoms with Gasteiger partial charge in [-0.15, -0.1) is 0 Å². The number of amides is 1. The Labute approximate surface area is 156 Å². The zero-order valence-electron chi connectivity index (χ0n) is 14.6. The topological polar surface area (TPSA) is 56.8 Å². The van der Waals surface area contributed by atoms with Crippen molar-refractivity contribution >= 4 is 21.8 Å². The summed E-state index contributed by atoms with van der Waals surface area (Å²) in [6.45, 7) is 0.507. The molecule has 0 saturated heterocycles. The first-order chi connectivity index (χ1) is 12.1. The van der Waals surface area contributed by atoms with E-state index >= 15 is 0 Å². The highest BCUT2D eigenvalue weighted by Crippen LogP contribution is 2.38. The molecule has 134 valence electrons. The number of benzene rings is 2. The molecule has 0 aromatic heterocycles. The van der Waals surface area contributed by atoms with Crippen LogP contribution in [0.4, 0.5) is 0 Å². The second kappa shape index (κ2) is 9.32. The van der Waals surface area contributed by atoms with Crippen molar-refractivity contribution in [2.24, 2.45) is 0 Å². The summed E-state index contributed by atoms with van der Waals surface area (Å²) in [6, 6.07) is 11.6. The van der Waals surface area contributed by atoms with Gasteiger partial charge in [0.2, 0.25) is 11.7 Å². The Balaban J connectivity index is 1.95. The van der Waals surface area contributed by atoms with Gasteiger partial charge in [-0.3, -0.25) is 4.79 Å². The fourth-order valence-electron chi connectivity index (χ4n) is 2.47. The van der Waals surface area contributed by atoms with Crippen molar-refractivity contribution in [1.82, 2.24) is 5.32 Å². The van der Waals surface area contributed by atoms with Crippen LogP contribution in [0.3, 0.4) is 0 Å². The second-order valence-corrected chi connectivity index (χ2v) is 6.36. The van der Waals surface area contributed by atoms with Crippen LogP contribution in [-0.4, -0.2) is 27.2 Å². The SMILES string of the molecule is COc1cc(CCC(=O)NCc2cccc(Br)c2)cc(OC)c1OC. The smallest absolute Gasteiger partial charge is 0.220 e. The molecule has 2 aromatic carbocycles. The molecule has 0 heterocycles. The minimum absolute atomic E-state index is 0.00581. The summed E-state index contributed by atoms with van der Waals surface area (Å²) in [5, 5.41) is 2.93. The van der Waals surface area contributed by atoms with Crippen LogP contribution >= 0.6 is 15.9 Å². The fraction of sp³-hybridized carbons (Fsp3) is 0.316. The molecule has 2 rings (SSSR count). The van der Waals surface area contributed by atoms with E-state index in [0.29, 0.717) is 36.6 Å². The maximum absolute atomic E-state index is 12.1. The Morgan fingerprint density at radius 3 is 2.24 bits per heavy atom. The molecule has 2 aromatic rings. The van der Waals surface area contributed by atoms with Crippen LogP contribution in [0.15, 0.2) is 40.9 Å². The lowest BCUT2D eigenvalue weighted by Gasteiger charge is -2.14. The highest BCUT2D eigenvalue weighted by atomic mass is 79.9. The third-order valence-corrected chi connectivity index (χ3v) is 4.24. The lowest BCUT2D eigenvalue weighted by molar-refractivity contribution is -0.121. The van der Waals surface area contributed by atoms with Gasteiger partial charge in [-0.25, -0.2) is 0 Å². The molecule has 0 saturated carbocycles. The minimum atomic E-state index is -0.00581. The zero-order chi connectivity index (χ0) is 18.2. The average molecular weight is 408 g/mol. The van der Waals surface area contributed by atoms with Gasteiger partial charge < -0.3 is 19.5 Å². The molecule has 0 aliphatic carbocycles. The largest absolute Gasteiger partial charge is 0.493 e. The number of halogens is 1. The van der Waals surface area contributed by atoms with E-state index in [0.717, 1.165) is 15.6 Å². The van der Waals surface area contributed by atoms with Crippen LogP contribution in [0.2, 0.25) is 0 Å². The third kappa shape index (κ3) is 5.39. The van der Waals surface area contributed by atoms with Gasteiger partial charge in [0.05, 0.1) is 21.3 Å². The van der Waals surface area contributed by atoms with Gasteiger partial charge in [0.25, 0.3) is 0 Å². The number of nitrogens with one attached hydrogen (secondary N) is 1. The van der Waals surface area contributed by atoms with Crippen molar-refractivity contribution in [2.45, 2.75) is 19.4 Å². The van der Waals surface area contributed by atoms with E-state index in [1.54, 1.807) is 21.3 Å². The molecule has 1 N–H and O–H groups in total. The molecule has 0 spiro atoms. The quantitative estimate of drug-likeness (QED) is 0.724. The normalized spacial score (nSPS) is 10.2. The maximum Gasteiger partial charge on any atom is 0.220 e. The van der Waals surface area contributed by atoms with Crippen LogP contribution in [0.1, 0.15) is 17.5 Å². The molecule has 0 fully saturated rings. The van der Waals surface area contributed by atoms with Gasteiger partial charge in [0.1, 0.15) is 0 Å². The molecular formula is C19H22BrNO4. The Morgan fingerprint density at radius 1 is 1.00 bits per heavy atom. The van der Waals surface area contributed by atoms with Gasteiger partial charge >= 0.3 is 0 Å². The van der Waals surface area contributed by atoms with Crippen LogP contribution in [0.25, 0.3) is 0 Å². The molecule has 0 radical (unpaired) electrons. The number of ether oxygens (including phenoxy) is 3. The lowest BCUT2D eigenvalue weighted by Crippen LogP contribution is -2.23. The summed E-state index contributed by atoms with van der Waals surface area (Å²) in [4.78, 5) is 12.1. The molecule has 0 atom stereocenters. The number of carbonyl (C=O) groups is 1. The maximum atomic E-state index is 12.1. The van der Waals surface area contributed by atoms with E-state index in [1.165, 1.54) is 0 Å². The standard InChI is InChI=1S/C19H22BrNO4/c1-23-16-10-13(11-17(24-2)19(16)25-3)7-8-18(22)21-12-14-5-4-6-15(20)9-14/h4-6,9-11H,7-8,12H2,1-3H3,(H,21,22). The predicted molar refractivity (Wildman–Crippen MR) is 100 cm³/mol. The number of rotatable bonds is 8. The van der Waals surface area contributed by atoms with Gasteiger partial charge in [-0.05, 0) is 41.8 Å². The highest BCUT2D eigenvalue weighted by molar-refractivity contribution is 9.10. The first-order valence-corrected chi connectivity index (χ1v) is 8.66. The Kier molecular flexibility index (Phi) is 7.13. The van der Waals surface area contributed by atoms with Crippen LogP contribution in [0.5, 0.6) is 17.2 Å². The summed E-state index contributed by atoms with van der Waals surface area (Å²) < 4.78 is 17.0. The first-order valence-electron chi connectivity index (χ1n) is 7.87. The number of carbonyl (C=O) groups excluding carboxylic acids is 1. The van der Waals surface area contributed by atoms with Crippen molar-refractivity contribution < 1.29 is 19.0 Å². The number of methoxy groups -OCH3 is 3. The summed E-state index contributed by atoms with van der Waals surface area (Å²) in [5.74, 6) is 1.72. The molecule has 0 bridgehead atoms. The summed E-state index contributed by atoms with van der Waals surface area (Å²) in [7, 11) is 4.72. The summed E-state index contributed by atoms with van der Waals surface area (Å²) in [5.41, 5.74) is 2.00. The Hall–Kier alpha value is -2.21. The molecule has 0 aliphatic heterocycles. The number of hydrogen-bond donors (Lipinski definition) is 1. The zero-order valence-corrected chi connectivity index (χ0v) is 16.2. The van der Waals surface area contributed by atoms with Crippen LogP contribution < -0.4 is 19.5 Å². The highest BCUT2D eigenvalue weighted by Gasteiger charge is 2.13. The van der Waals surface area contributed by atoms with Crippen molar-refractivity contribution in [3.8, 4) is 17.2 Å². The molecule has 5 nitrogen and oxygen atoms in total. The van der Waals surface area contributed by atoms with Gasteiger partial charge in [-0.1, -0.05) is 28.1 Å².